The molecule has 4 N–H and O–H groups in total. The van der Waals surface area contributed by atoms with Gasteiger partial charge in [-0.2, -0.15) is 0 Å². The fraction of sp³-hybridized carbons (Fsp3) is 0.0769. The Hall–Kier alpha value is -5.32. The number of benzene rings is 2. The van der Waals surface area contributed by atoms with Crippen molar-refractivity contribution in [3.05, 3.63) is 96.2 Å². The quantitative estimate of drug-likeness (QED) is 0.261. The van der Waals surface area contributed by atoms with Crippen molar-refractivity contribution in [3.8, 4) is 0 Å². The van der Waals surface area contributed by atoms with E-state index in [0.29, 0.717) is 45.6 Å². The average molecular weight is 498 g/mol. The van der Waals surface area contributed by atoms with E-state index in [1.807, 2.05) is 0 Å². The molecule has 3 amide bonds. The second kappa shape index (κ2) is 11.0. The molecule has 0 radical (unpaired) electrons. The van der Waals surface area contributed by atoms with Crippen molar-refractivity contribution in [2.75, 3.05) is 21.3 Å². The van der Waals surface area contributed by atoms with E-state index in [0.717, 1.165) is 5.56 Å². The molecule has 11 nitrogen and oxygen atoms in total. The van der Waals surface area contributed by atoms with Crippen LogP contribution in [0, 0.1) is 13.8 Å². The number of amides is 3. The van der Waals surface area contributed by atoms with Crippen LogP contribution < -0.4 is 21.3 Å². The Morgan fingerprint density at radius 3 is 2.19 bits per heavy atom. The number of aromatic nitrogens is 3. The lowest BCUT2D eigenvalue weighted by atomic mass is 10.1. The highest BCUT2D eigenvalue weighted by molar-refractivity contribution is 6.08. The maximum atomic E-state index is 12.9. The highest BCUT2D eigenvalue weighted by atomic mass is 16.5. The molecule has 2 aromatic heterocycles. The third-order valence-corrected chi connectivity index (χ3v) is 5.22. The molecule has 11 heteroatoms. The molecule has 0 aliphatic rings. The Labute approximate surface area is 212 Å². The predicted octanol–water partition coefficient (Wildman–Crippen LogP) is 4.45. The van der Waals surface area contributed by atoms with Crippen LogP contribution in [0.25, 0.3) is 0 Å². The van der Waals surface area contributed by atoms with E-state index in [1.165, 1.54) is 24.7 Å². The van der Waals surface area contributed by atoms with E-state index in [9.17, 15) is 14.4 Å². The van der Waals surface area contributed by atoms with Gasteiger partial charge in [0, 0.05) is 22.6 Å². The highest BCUT2D eigenvalue weighted by Gasteiger charge is 2.16. The number of carbonyl (C=O) groups is 3. The first-order valence-electron chi connectivity index (χ1n) is 11.1. The first-order chi connectivity index (χ1) is 17.8. The molecule has 0 spiro atoms. The summed E-state index contributed by atoms with van der Waals surface area (Å²) in [6.07, 6.45) is 5.45. The number of carbonyl (C=O) groups excluding carboxylic acids is 3. The summed E-state index contributed by atoms with van der Waals surface area (Å²) in [6.45, 7) is 6.86. The molecule has 2 heterocycles. The number of aryl methyl sites for hydroxylation is 2. The third kappa shape index (κ3) is 6.22. The molecule has 186 valence electrons. The normalized spacial score (nSPS) is 10.3. The maximum Gasteiger partial charge on any atom is 0.260 e. The highest BCUT2D eigenvalue weighted by Crippen LogP contribution is 2.21. The predicted molar refractivity (Wildman–Crippen MR) is 139 cm³/mol. The molecular formula is C26H23N7O4. The van der Waals surface area contributed by atoms with Gasteiger partial charge in [0.1, 0.15) is 11.3 Å². The molecule has 0 aliphatic carbocycles. The van der Waals surface area contributed by atoms with Gasteiger partial charge in [0.25, 0.3) is 11.8 Å². The summed E-state index contributed by atoms with van der Waals surface area (Å²) in [5.74, 6) is -0.395. The molecular weight excluding hydrogens is 474 g/mol. The van der Waals surface area contributed by atoms with Crippen LogP contribution in [0.2, 0.25) is 0 Å². The van der Waals surface area contributed by atoms with Crippen LogP contribution >= 0.6 is 0 Å². The topological polar surface area (TPSA) is 151 Å². The lowest BCUT2D eigenvalue weighted by molar-refractivity contribution is -0.111. The fourth-order valence-corrected chi connectivity index (χ4v) is 3.31. The van der Waals surface area contributed by atoms with E-state index < -0.39 is 0 Å². The summed E-state index contributed by atoms with van der Waals surface area (Å²) < 4.78 is 4.93. The van der Waals surface area contributed by atoms with Gasteiger partial charge in [0.05, 0.1) is 24.3 Å². The Morgan fingerprint density at radius 1 is 0.811 bits per heavy atom. The van der Waals surface area contributed by atoms with Crippen molar-refractivity contribution in [2.45, 2.75) is 13.8 Å². The summed E-state index contributed by atoms with van der Waals surface area (Å²) in [4.78, 5) is 45.3. The van der Waals surface area contributed by atoms with E-state index >= 15 is 0 Å². The molecule has 0 saturated carbocycles. The number of hydrogen-bond acceptors (Lipinski definition) is 8. The average Bonchev–Trinajstić information content (AvgIpc) is 3.32. The second-order valence-corrected chi connectivity index (χ2v) is 7.93. The molecule has 37 heavy (non-hydrogen) atoms. The van der Waals surface area contributed by atoms with Gasteiger partial charge >= 0.3 is 0 Å². The Balaban J connectivity index is 1.41. The molecule has 0 saturated heterocycles. The minimum atomic E-state index is -0.390. The Kier molecular flexibility index (Phi) is 7.34. The maximum absolute atomic E-state index is 12.9. The van der Waals surface area contributed by atoms with E-state index in [-0.39, 0.29) is 17.7 Å². The van der Waals surface area contributed by atoms with Gasteiger partial charge in [-0.05, 0) is 55.8 Å². The van der Waals surface area contributed by atoms with E-state index in [1.54, 1.807) is 56.3 Å². The molecule has 4 rings (SSSR count). The Bertz CT molecular complexity index is 1480. The summed E-state index contributed by atoms with van der Waals surface area (Å²) in [7, 11) is 0. The molecule has 0 fully saturated rings. The van der Waals surface area contributed by atoms with Crippen LogP contribution in [0.4, 0.5) is 28.7 Å². The molecule has 0 atom stereocenters. The smallest absolute Gasteiger partial charge is 0.260 e. The molecule has 0 bridgehead atoms. The third-order valence-electron chi connectivity index (χ3n) is 5.22. The van der Waals surface area contributed by atoms with E-state index in [2.05, 4.69) is 43.0 Å². The first-order valence-corrected chi connectivity index (χ1v) is 11.1. The van der Waals surface area contributed by atoms with Crippen LogP contribution in [-0.4, -0.2) is 32.8 Å². The lowest BCUT2D eigenvalue weighted by Crippen LogP contribution is -2.16. The lowest BCUT2D eigenvalue weighted by Gasteiger charge is -2.11. The minimum absolute atomic E-state index is 0.301. The van der Waals surface area contributed by atoms with Gasteiger partial charge in [-0.1, -0.05) is 23.9 Å². The van der Waals surface area contributed by atoms with Crippen LogP contribution in [0.3, 0.4) is 0 Å². The first kappa shape index (κ1) is 24.8. The zero-order valence-electron chi connectivity index (χ0n) is 20.0. The van der Waals surface area contributed by atoms with Crippen molar-refractivity contribution >= 4 is 46.4 Å². The second-order valence-electron chi connectivity index (χ2n) is 7.93. The van der Waals surface area contributed by atoms with Gasteiger partial charge in [0.15, 0.2) is 0 Å². The largest absolute Gasteiger partial charge is 0.361 e. The van der Waals surface area contributed by atoms with Crippen molar-refractivity contribution < 1.29 is 18.9 Å². The monoisotopic (exact) mass is 497 g/mol. The van der Waals surface area contributed by atoms with Gasteiger partial charge in [-0.25, -0.2) is 9.97 Å². The van der Waals surface area contributed by atoms with Crippen LogP contribution in [0.1, 0.15) is 32.0 Å². The van der Waals surface area contributed by atoms with Gasteiger partial charge in [-0.15, -0.1) is 0 Å². The Morgan fingerprint density at radius 2 is 1.49 bits per heavy atom. The number of rotatable bonds is 8. The van der Waals surface area contributed by atoms with Crippen LogP contribution in [-0.2, 0) is 4.79 Å². The number of anilines is 5. The number of nitrogens with zero attached hydrogens (tertiary/aromatic N) is 3. The van der Waals surface area contributed by atoms with Crippen LogP contribution in [0.5, 0.6) is 0 Å². The summed E-state index contributed by atoms with van der Waals surface area (Å²) in [5, 5.41) is 14.8. The zero-order valence-corrected chi connectivity index (χ0v) is 20.0. The van der Waals surface area contributed by atoms with Crippen LogP contribution in [0.15, 0.2) is 78.2 Å². The van der Waals surface area contributed by atoms with Crippen molar-refractivity contribution in [1.29, 1.82) is 0 Å². The number of nitrogens with one attached hydrogen (secondary N) is 4. The molecule has 2 aromatic carbocycles. The molecule has 4 aromatic rings. The zero-order chi connectivity index (χ0) is 26.4. The van der Waals surface area contributed by atoms with Gasteiger partial charge < -0.3 is 25.8 Å². The molecule has 0 aliphatic heterocycles. The van der Waals surface area contributed by atoms with Crippen molar-refractivity contribution in [3.63, 3.8) is 0 Å². The summed E-state index contributed by atoms with van der Waals surface area (Å²) >= 11 is 0. The van der Waals surface area contributed by atoms with Crippen molar-refractivity contribution in [2.24, 2.45) is 0 Å². The summed E-state index contributed by atoms with van der Waals surface area (Å²) in [6, 6.07) is 12.0. The molecule has 0 unspecified atom stereocenters. The standard InChI is InChI=1S/C26H23N7O4/c1-4-23(34)30-17-6-5-7-18(10-17)33-26-27-12-20(13-28-26)32-24(35)21-11-19(9-8-15(21)2)31-25(36)22-14-29-37-16(22)3/h4-14H,1H2,2-3H3,(H,30,34)(H,31,36)(H,32,35)(H,27,28,33). The minimum Gasteiger partial charge on any atom is -0.361 e. The van der Waals surface area contributed by atoms with E-state index in [4.69, 9.17) is 4.52 Å². The SMILES string of the molecule is C=CC(=O)Nc1cccc(Nc2ncc(NC(=O)c3cc(NC(=O)c4cnoc4C)ccc3C)cn2)c1. The number of hydrogen-bond donors (Lipinski definition) is 4. The van der Waals surface area contributed by atoms with Gasteiger partial charge in [0.2, 0.25) is 11.9 Å². The van der Waals surface area contributed by atoms with Crippen molar-refractivity contribution in [1.82, 2.24) is 15.1 Å². The summed E-state index contributed by atoms with van der Waals surface area (Å²) in [5.41, 5.74) is 3.49. The van der Waals surface area contributed by atoms with Gasteiger partial charge in [-0.3, -0.25) is 14.4 Å². The fourth-order valence-electron chi connectivity index (χ4n) is 3.31.